The number of hydrogen-bond donors (Lipinski definition) is 1. The molecular weight excluding hydrogens is 394 g/mol. The smallest absolute Gasteiger partial charge is 0.289 e. The first-order valence-corrected chi connectivity index (χ1v) is 10.4. The van der Waals surface area contributed by atoms with E-state index < -0.39 is 6.10 Å². The first-order chi connectivity index (χ1) is 13.8. The Hall–Kier alpha value is -2.09. The molecule has 1 aromatic carbocycles. The van der Waals surface area contributed by atoms with E-state index >= 15 is 0 Å². The molecule has 2 amide bonds. The van der Waals surface area contributed by atoms with Crippen molar-refractivity contribution in [3.05, 3.63) is 35.0 Å². The fourth-order valence-electron chi connectivity index (χ4n) is 4.57. The fourth-order valence-corrected chi connectivity index (χ4v) is 4.75. The molecule has 1 aliphatic heterocycles. The van der Waals surface area contributed by atoms with Crippen LogP contribution in [-0.4, -0.2) is 83.0 Å². The van der Waals surface area contributed by atoms with Crippen molar-refractivity contribution in [2.24, 2.45) is 0 Å². The Labute approximate surface area is 174 Å². The van der Waals surface area contributed by atoms with Gasteiger partial charge in [0.25, 0.3) is 5.91 Å². The standard InChI is InChI=1S/C21H26ClN3O4/c1-13(26)24-7-9-25(10-8-24)17-5-4-16(20(17)27)23(2)21(28)19-12-14-11-15(22)3-6-18(14)29-19/h3,6,11-12,16-17,20,27H,4-5,7-10H2,1-2H3/t16-,17-,20-/m1/s1. The Morgan fingerprint density at radius 1 is 1.17 bits per heavy atom. The topological polar surface area (TPSA) is 77.2 Å². The van der Waals surface area contributed by atoms with Crippen molar-refractivity contribution in [3.8, 4) is 0 Å². The van der Waals surface area contributed by atoms with Gasteiger partial charge in [-0.1, -0.05) is 11.6 Å². The first kappa shape index (κ1) is 20.2. The van der Waals surface area contributed by atoms with Crippen LogP contribution in [-0.2, 0) is 4.79 Å². The highest BCUT2D eigenvalue weighted by atomic mass is 35.5. The summed E-state index contributed by atoms with van der Waals surface area (Å²) in [5.74, 6) is 0.0888. The molecule has 0 bridgehead atoms. The third-order valence-electron chi connectivity index (χ3n) is 6.28. The number of halogens is 1. The van der Waals surface area contributed by atoms with Crippen molar-refractivity contribution in [1.29, 1.82) is 0 Å². The maximum atomic E-state index is 13.0. The second-order valence-electron chi connectivity index (χ2n) is 7.95. The van der Waals surface area contributed by atoms with Crippen LogP contribution in [0.15, 0.2) is 28.7 Å². The van der Waals surface area contributed by atoms with Crippen LogP contribution in [0.25, 0.3) is 11.0 Å². The summed E-state index contributed by atoms with van der Waals surface area (Å²) in [6, 6.07) is 6.66. The molecule has 3 atom stereocenters. The molecule has 0 radical (unpaired) electrons. The van der Waals surface area contributed by atoms with E-state index in [-0.39, 0.29) is 29.7 Å². The minimum Gasteiger partial charge on any atom is -0.451 e. The number of carbonyl (C=O) groups is 2. The SMILES string of the molecule is CC(=O)N1CCN([C@@H]2CC[C@@H](N(C)C(=O)c3cc4cc(Cl)ccc4o3)[C@H]2O)CC1. The Morgan fingerprint density at radius 2 is 1.90 bits per heavy atom. The van der Waals surface area contributed by atoms with Crippen molar-refractivity contribution < 1.29 is 19.1 Å². The zero-order valence-electron chi connectivity index (χ0n) is 16.7. The predicted molar refractivity (Wildman–Crippen MR) is 110 cm³/mol. The zero-order chi connectivity index (χ0) is 20.7. The Bertz CT molecular complexity index is 922. The lowest BCUT2D eigenvalue weighted by Crippen LogP contribution is -2.55. The summed E-state index contributed by atoms with van der Waals surface area (Å²) < 4.78 is 5.70. The van der Waals surface area contributed by atoms with Gasteiger partial charge in [0.15, 0.2) is 5.76 Å². The molecule has 1 aromatic heterocycles. The summed E-state index contributed by atoms with van der Waals surface area (Å²) in [4.78, 5) is 30.2. The van der Waals surface area contributed by atoms with Crippen LogP contribution in [0.1, 0.15) is 30.3 Å². The number of piperazine rings is 1. The van der Waals surface area contributed by atoms with Crippen LogP contribution in [0.2, 0.25) is 5.02 Å². The molecule has 0 unspecified atom stereocenters. The zero-order valence-corrected chi connectivity index (χ0v) is 17.4. The lowest BCUT2D eigenvalue weighted by molar-refractivity contribution is -0.131. The van der Waals surface area contributed by atoms with Crippen LogP contribution in [0, 0.1) is 0 Å². The van der Waals surface area contributed by atoms with E-state index in [4.69, 9.17) is 16.0 Å². The summed E-state index contributed by atoms with van der Waals surface area (Å²) in [7, 11) is 1.71. The Balaban J connectivity index is 1.43. The second kappa shape index (κ2) is 7.97. The lowest BCUT2D eigenvalue weighted by atomic mass is 10.1. The number of amides is 2. The number of aliphatic hydroxyl groups excluding tert-OH is 1. The highest BCUT2D eigenvalue weighted by Crippen LogP contribution is 2.31. The van der Waals surface area contributed by atoms with E-state index in [0.717, 1.165) is 31.3 Å². The molecule has 2 heterocycles. The first-order valence-electron chi connectivity index (χ1n) is 9.99. The number of carbonyl (C=O) groups excluding carboxylic acids is 2. The molecule has 7 nitrogen and oxygen atoms in total. The van der Waals surface area contributed by atoms with E-state index in [9.17, 15) is 14.7 Å². The minimum absolute atomic E-state index is 0.00108. The molecule has 0 spiro atoms. The molecule has 2 aliphatic rings. The van der Waals surface area contributed by atoms with Crippen molar-refractivity contribution in [2.75, 3.05) is 33.2 Å². The maximum absolute atomic E-state index is 13.0. The minimum atomic E-state index is -0.633. The average Bonchev–Trinajstić information content (AvgIpc) is 3.30. The van der Waals surface area contributed by atoms with Gasteiger partial charge < -0.3 is 19.3 Å². The monoisotopic (exact) mass is 419 g/mol. The highest BCUT2D eigenvalue weighted by molar-refractivity contribution is 6.31. The third kappa shape index (κ3) is 3.86. The van der Waals surface area contributed by atoms with E-state index in [0.29, 0.717) is 23.7 Å². The Kier molecular flexibility index (Phi) is 5.55. The molecule has 156 valence electrons. The molecule has 1 N–H and O–H groups in total. The fraction of sp³-hybridized carbons (Fsp3) is 0.524. The number of hydrogen-bond acceptors (Lipinski definition) is 5. The van der Waals surface area contributed by atoms with Crippen molar-refractivity contribution in [3.63, 3.8) is 0 Å². The van der Waals surface area contributed by atoms with Gasteiger partial charge in [-0.15, -0.1) is 0 Å². The predicted octanol–water partition coefficient (Wildman–Crippen LogP) is 2.21. The number of benzene rings is 1. The number of likely N-dealkylation sites (N-methyl/N-ethyl adjacent to an activating group) is 1. The van der Waals surface area contributed by atoms with Crippen LogP contribution in [0.5, 0.6) is 0 Å². The number of fused-ring (bicyclic) bond motifs is 1. The van der Waals surface area contributed by atoms with Crippen molar-refractivity contribution in [1.82, 2.24) is 14.7 Å². The van der Waals surface area contributed by atoms with E-state index in [1.54, 1.807) is 43.1 Å². The number of aliphatic hydroxyl groups is 1. The van der Waals surface area contributed by atoms with Crippen molar-refractivity contribution in [2.45, 2.75) is 38.0 Å². The Morgan fingerprint density at radius 3 is 2.59 bits per heavy atom. The summed E-state index contributed by atoms with van der Waals surface area (Å²) in [6.45, 7) is 4.44. The van der Waals surface area contributed by atoms with Gasteiger partial charge in [-0.05, 0) is 37.1 Å². The molecule has 4 rings (SSSR count). The molecule has 1 aliphatic carbocycles. The summed E-state index contributed by atoms with van der Waals surface area (Å²) in [6.07, 6.45) is 0.915. The molecule has 1 saturated carbocycles. The van der Waals surface area contributed by atoms with Gasteiger partial charge >= 0.3 is 0 Å². The molecular formula is C21H26ClN3O4. The second-order valence-corrected chi connectivity index (χ2v) is 8.39. The highest BCUT2D eigenvalue weighted by Gasteiger charge is 2.42. The van der Waals surface area contributed by atoms with Crippen LogP contribution < -0.4 is 0 Å². The van der Waals surface area contributed by atoms with E-state index in [1.165, 1.54) is 0 Å². The number of nitrogens with zero attached hydrogens (tertiary/aromatic N) is 3. The summed E-state index contributed by atoms with van der Waals surface area (Å²) in [5.41, 5.74) is 0.610. The van der Waals surface area contributed by atoms with Crippen LogP contribution in [0.4, 0.5) is 0 Å². The normalized spacial score (nSPS) is 25.5. The van der Waals surface area contributed by atoms with E-state index in [1.807, 2.05) is 4.90 Å². The summed E-state index contributed by atoms with van der Waals surface area (Å²) >= 11 is 6.01. The average molecular weight is 420 g/mol. The lowest BCUT2D eigenvalue weighted by Gasteiger charge is -2.39. The van der Waals surface area contributed by atoms with Crippen molar-refractivity contribution >= 4 is 34.4 Å². The molecule has 2 fully saturated rings. The molecule has 2 aromatic rings. The summed E-state index contributed by atoms with van der Waals surface area (Å²) in [5, 5.41) is 12.3. The number of furan rings is 1. The largest absolute Gasteiger partial charge is 0.451 e. The molecule has 8 heteroatoms. The van der Waals surface area contributed by atoms with Gasteiger partial charge in [-0.25, -0.2) is 0 Å². The van der Waals surface area contributed by atoms with Gasteiger partial charge in [-0.3, -0.25) is 14.5 Å². The van der Waals surface area contributed by atoms with Gasteiger partial charge in [0.05, 0.1) is 12.1 Å². The van der Waals surface area contributed by atoms with E-state index in [2.05, 4.69) is 4.90 Å². The third-order valence-corrected chi connectivity index (χ3v) is 6.52. The quantitative estimate of drug-likeness (QED) is 0.825. The van der Waals surface area contributed by atoms with Gasteiger partial charge in [0.1, 0.15) is 5.58 Å². The van der Waals surface area contributed by atoms with Gasteiger partial charge in [0, 0.05) is 56.6 Å². The van der Waals surface area contributed by atoms with Crippen LogP contribution >= 0.6 is 11.6 Å². The molecule has 1 saturated heterocycles. The van der Waals surface area contributed by atoms with Crippen LogP contribution in [0.3, 0.4) is 0 Å². The van der Waals surface area contributed by atoms with Gasteiger partial charge in [0.2, 0.25) is 5.91 Å². The van der Waals surface area contributed by atoms with Gasteiger partial charge in [-0.2, -0.15) is 0 Å². The number of rotatable bonds is 3. The molecule has 29 heavy (non-hydrogen) atoms. The maximum Gasteiger partial charge on any atom is 0.289 e.